The molecule has 1 aliphatic carbocycles. The zero-order valence-corrected chi connectivity index (χ0v) is 20.9. The van der Waals surface area contributed by atoms with Crippen LogP contribution in [0.5, 0.6) is 0 Å². The van der Waals surface area contributed by atoms with Crippen LogP contribution in [0.25, 0.3) is 0 Å². The van der Waals surface area contributed by atoms with Crippen molar-refractivity contribution in [2.75, 3.05) is 6.54 Å². The van der Waals surface area contributed by atoms with E-state index in [2.05, 4.69) is 55.6 Å². The zero-order valence-electron chi connectivity index (χ0n) is 20.9. The summed E-state index contributed by atoms with van der Waals surface area (Å²) in [7, 11) is 0. The fraction of sp³-hybridized carbons (Fsp3) is 0.536. The van der Waals surface area contributed by atoms with Crippen molar-refractivity contribution >= 4 is 5.91 Å². The lowest BCUT2D eigenvalue weighted by Crippen LogP contribution is -2.60. The topological polar surface area (TPSA) is 66.0 Å². The molecule has 1 N–H and O–H groups in total. The maximum Gasteiger partial charge on any atom is 0.252 e. The molecular weight excluding hydrogens is 430 g/mol. The normalized spacial score (nSPS) is 27.9. The monoisotopic (exact) mass is 467 g/mol. The lowest BCUT2D eigenvalue weighted by molar-refractivity contribution is -0.183. The average molecular weight is 468 g/mol. The van der Waals surface area contributed by atoms with Crippen molar-refractivity contribution in [1.29, 1.82) is 0 Å². The third kappa shape index (κ3) is 5.69. The van der Waals surface area contributed by atoms with E-state index in [1.807, 2.05) is 32.9 Å². The van der Waals surface area contributed by atoms with Gasteiger partial charge in [-0.3, -0.25) is 4.79 Å². The van der Waals surface area contributed by atoms with E-state index >= 15 is 0 Å². The molecule has 1 saturated carbocycles. The largest absolute Gasteiger partial charge is 0.371 e. The Morgan fingerprint density at radius 3 is 2.47 bits per heavy atom. The van der Waals surface area contributed by atoms with E-state index in [0.717, 1.165) is 16.7 Å². The minimum absolute atomic E-state index is 0.127. The van der Waals surface area contributed by atoms with Gasteiger partial charge in [-0.2, -0.15) is 0 Å². The summed E-state index contributed by atoms with van der Waals surface area (Å²) in [6.45, 7) is 11.1. The van der Waals surface area contributed by atoms with E-state index in [1.165, 1.54) is 5.56 Å². The van der Waals surface area contributed by atoms with Gasteiger partial charge in [-0.1, -0.05) is 59.7 Å². The fourth-order valence-electron chi connectivity index (χ4n) is 4.94. The number of aryl methyl sites for hydroxylation is 2. The minimum atomic E-state index is -1.07. The summed E-state index contributed by atoms with van der Waals surface area (Å²) in [4.78, 5) is 13.4. The first-order valence-corrected chi connectivity index (χ1v) is 12.2. The molecule has 184 valence electrons. The second-order valence-corrected chi connectivity index (χ2v) is 10.0. The highest BCUT2D eigenvalue weighted by atomic mass is 16.8. The fourth-order valence-corrected chi connectivity index (χ4v) is 4.94. The predicted octanol–water partition coefficient (Wildman–Crippen LogP) is 4.59. The number of benzene rings is 2. The van der Waals surface area contributed by atoms with Crippen LogP contribution in [0.3, 0.4) is 0 Å². The second-order valence-electron chi connectivity index (χ2n) is 10.0. The van der Waals surface area contributed by atoms with Crippen molar-refractivity contribution in [2.45, 2.75) is 90.4 Å². The molecule has 0 spiro atoms. The molecule has 0 aromatic heterocycles. The van der Waals surface area contributed by atoms with Crippen molar-refractivity contribution in [1.82, 2.24) is 5.32 Å². The van der Waals surface area contributed by atoms with Crippen LogP contribution >= 0.6 is 0 Å². The molecule has 2 aromatic carbocycles. The number of nitrogens with one attached hydrogen (secondary N) is 1. The summed E-state index contributed by atoms with van der Waals surface area (Å²) in [6.07, 6.45) is -0.0836. The van der Waals surface area contributed by atoms with E-state index in [-0.39, 0.29) is 24.2 Å². The Morgan fingerprint density at radius 2 is 1.76 bits per heavy atom. The maximum absolute atomic E-state index is 13.4. The van der Waals surface area contributed by atoms with Gasteiger partial charge < -0.3 is 24.3 Å². The van der Waals surface area contributed by atoms with E-state index in [0.29, 0.717) is 32.6 Å². The smallest absolute Gasteiger partial charge is 0.252 e. The number of likely N-dealkylation sites (N-methyl/N-ethyl adjacent to an activating group) is 1. The van der Waals surface area contributed by atoms with Crippen LogP contribution in [0.4, 0.5) is 0 Å². The third-order valence-electron chi connectivity index (χ3n) is 6.58. The lowest BCUT2D eigenvalue weighted by atomic mass is 9.78. The van der Waals surface area contributed by atoms with Gasteiger partial charge in [0, 0.05) is 19.4 Å². The van der Waals surface area contributed by atoms with Gasteiger partial charge in [0.1, 0.15) is 6.10 Å². The van der Waals surface area contributed by atoms with Gasteiger partial charge >= 0.3 is 0 Å². The van der Waals surface area contributed by atoms with Crippen LogP contribution in [0.15, 0.2) is 48.5 Å². The molecule has 2 aliphatic rings. The molecule has 4 atom stereocenters. The Hall–Kier alpha value is -2.25. The lowest BCUT2D eigenvalue weighted by Gasteiger charge is -2.43. The molecule has 2 fully saturated rings. The van der Waals surface area contributed by atoms with Crippen molar-refractivity contribution in [3.8, 4) is 0 Å². The highest BCUT2D eigenvalue weighted by Gasteiger charge is 2.57. The first kappa shape index (κ1) is 24.9. The number of hydrogen-bond acceptors (Lipinski definition) is 5. The van der Waals surface area contributed by atoms with Crippen LogP contribution in [0, 0.1) is 13.8 Å². The molecule has 1 unspecified atom stereocenters. The standard InChI is InChI=1S/C28H37NO5/c1-6-29-26(30)28(32-18-22-9-7-8-20(3)14-22)15-23(25-24(16-28)33-27(4,5)34-25)31-17-21-12-10-19(2)11-13-21/h7-14,23-25H,6,15-18H2,1-5H3,(H,29,30)/t23?,24-,25+,28-/m1/s1. The molecule has 34 heavy (non-hydrogen) atoms. The molecule has 2 aromatic rings. The van der Waals surface area contributed by atoms with E-state index in [9.17, 15) is 4.79 Å². The van der Waals surface area contributed by atoms with Crippen LogP contribution in [-0.2, 0) is 37.0 Å². The molecule has 1 saturated heterocycles. The van der Waals surface area contributed by atoms with E-state index < -0.39 is 11.4 Å². The first-order valence-electron chi connectivity index (χ1n) is 12.2. The summed E-state index contributed by atoms with van der Waals surface area (Å²) in [5, 5.41) is 2.99. The van der Waals surface area contributed by atoms with Gasteiger partial charge in [-0.15, -0.1) is 0 Å². The van der Waals surface area contributed by atoms with Crippen molar-refractivity contribution in [2.24, 2.45) is 0 Å². The van der Waals surface area contributed by atoms with Gasteiger partial charge in [-0.05, 0) is 45.7 Å². The Morgan fingerprint density at radius 1 is 1.00 bits per heavy atom. The Labute approximate surface area is 202 Å². The molecule has 0 bridgehead atoms. The van der Waals surface area contributed by atoms with Crippen LogP contribution < -0.4 is 5.32 Å². The number of hydrogen-bond donors (Lipinski definition) is 1. The number of carbonyl (C=O) groups excluding carboxylic acids is 1. The van der Waals surface area contributed by atoms with Gasteiger partial charge in [0.05, 0.1) is 25.4 Å². The van der Waals surface area contributed by atoms with Crippen molar-refractivity contribution < 1.29 is 23.7 Å². The molecule has 1 heterocycles. The van der Waals surface area contributed by atoms with Gasteiger partial charge in [0.25, 0.3) is 5.91 Å². The highest BCUT2D eigenvalue weighted by molar-refractivity contribution is 5.85. The van der Waals surface area contributed by atoms with Crippen LogP contribution in [-0.4, -0.2) is 42.2 Å². The van der Waals surface area contributed by atoms with Gasteiger partial charge in [-0.25, -0.2) is 0 Å². The van der Waals surface area contributed by atoms with Crippen molar-refractivity contribution in [3.05, 3.63) is 70.8 Å². The van der Waals surface area contributed by atoms with Crippen LogP contribution in [0.2, 0.25) is 0 Å². The summed E-state index contributed by atoms with van der Waals surface area (Å²) in [5.74, 6) is -0.868. The summed E-state index contributed by atoms with van der Waals surface area (Å²) >= 11 is 0. The number of fused-ring (bicyclic) bond motifs is 1. The molecule has 6 heteroatoms. The molecule has 1 amide bonds. The minimum Gasteiger partial charge on any atom is -0.371 e. The molecular formula is C28H37NO5. The quantitative estimate of drug-likeness (QED) is 0.615. The van der Waals surface area contributed by atoms with Crippen molar-refractivity contribution in [3.63, 3.8) is 0 Å². The molecule has 1 aliphatic heterocycles. The Bertz CT molecular complexity index is 989. The predicted molar refractivity (Wildman–Crippen MR) is 130 cm³/mol. The Balaban J connectivity index is 1.58. The average Bonchev–Trinajstić information content (AvgIpc) is 3.11. The molecule has 6 nitrogen and oxygen atoms in total. The third-order valence-corrected chi connectivity index (χ3v) is 6.58. The van der Waals surface area contributed by atoms with Gasteiger partial charge in [0.2, 0.25) is 0 Å². The van der Waals surface area contributed by atoms with Crippen LogP contribution in [0.1, 0.15) is 55.9 Å². The number of carbonyl (C=O) groups is 1. The first-order chi connectivity index (χ1) is 16.2. The molecule has 0 radical (unpaired) electrons. The molecule has 4 rings (SSSR count). The van der Waals surface area contributed by atoms with E-state index in [1.54, 1.807) is 0 Å². The number of rotatable bonds is 8. The SMILES string of the molecule is CCNC(=O)[C@@]1(OCc2cccc(C)c2)CC(OCc2ccc(C)cc2)[C@@H]2OC(C)(C)O[C@@H]2C1. The highest BCUT2D eigenvalue weighted by Crippen LogP contribution is 2.44. The summed E-state index contributed by atoms with van der Waals surface area (Å²) < 4.78 is 25.4. The summed E-state index contributed by atoms with van der Waals surface area (Å²) in [6, 6.07) is 16.4. The van der Waals surface area contributed by atoms with E-state index in [4.69, 9.17) is 18.9 Å². The number of amides is 1. The Kier molecular flexibility index (Phi) is 7.43. The maximum atomic E-state index is 13.4. The second kappa shape index (κ2) is 10.2. The van der Waals surface area contributed by atoms with Gasteiger partial charge in [0.15, 0.2) is 11.4 Å². The number of ether oxygens (including phenoxy) is 4. The zero-order chi connectivity index (χ0) is 24.3. The summed E-state index contributed by atoms with van der Waals surface area (Å²) in [5.41, 5.74) is 3.41.